The number of hydrogen-bond acceptors (Lipinski definition) is 4. The Morgan fingerprint density at radius 1 is 0.737 bits per heavy atom. The molecule has 7 heteroatoms. The van der Waals surface area contributed by atoms with Crippen molar-refractivity contribution < 1.29 is 13.2 Å². The summed E-state index contributed by atoms with van der Waals surface area (Å²) in [7, 11) is -3.82. The van der Waals surface area contributed by atoms with Crippen LogP contribution in [0.1, 0.15) is 39.9 Å². The summed E-state index contributed by atoms with van der Waals surface area (Å²) >= 11 is 5.90. The SMILES string of the molecule is Cc1ccc(COCCN[C@H](c2ccccc2)[C@H](NS(=O)(=O)c2ccc(CCl)cc2)c2ccccc2)cc1. The number of nitrogens with one attached hydrogen (secondary N) is 2. The number of alkyl halides is 1. The Morgan fingerprint density at radius 3 is 1.87 bits per heavy atom. The van der Waals surface area contributed by atoms with Crippen LogP contribution in [0.5, 0.6) is 0 Å². The van der Waals surface area contributed by atoms with Crippen LogP contribution in [0.15, 0.2) is 114 Å². The van der Waals surface area contributed by atoms with Gasteiger partial charge in [-0.15, -0.1) is 11.6 Å². The molecule has 5 nitrogen and oxygen atoms in total. The van der Waals surface area contributed by atoms with Gasteiger partial charge in [0.25, 0.3) is 0 Å². The minimum absolute atomic E-state index is 0.195. The van der Waals surface area contributed by atoms with E-state index in [4.69, 9.17) is 16.3 Å². The molecule has 4 aromatic carbocycles. The first-order chi connectivity index (χ1) is 18.5. The lowest BCUT2D eigenvalue weighted by molar-refractivity contribution is 0.119. The van der Waals surface area contributed by atoms with Gasteiger partial charge in [0.2, 0.25) is 10.0 Å². The van der Waals surface area contributed by atoms with Gasteiger partial charge in [0.05, 0.1) is 30.2 Å². The number of rotatable bonds is 13. The summed E-state index contributed by atoms with van der Waals surface area (Å²) in [4.78, 5) is 0.195. The van der Waals surface area contributed by atoms with E-state index in [1.54, 1.807) is 24.3 Å². The molecule has 2 atom stereocenters. The summed E-state index contributed by atoms with van der Waals surface area (Å²) in [5.74, 6) is 0.326. The average Bonchev–Trinajstić information content (AvgIpc) is 2.96. The van der Waals surface area contributed by atoms with Gasteiger partial charge in [0, 0.05) is 12.4 Å². The quantitative estimate of drug-likeness (QED) is 0.152. The minimum Gasteiger partial charge on any atom is -0.375 e. The Balaban J connectivity index is 1.55. The zero-order valence-electron chi connectivity index (χ0n) is 21.4. The molecule has 38 heavy (non-hydrogen) atoms. The standard InChI is InChI=1S/C31H33ClN2O3S/c1-24-12-14-26(15-13-24)23-37-21-20-33-30(27-8-4-2-5-9-27)31(28-10-6-3-7-11-28)34-38(35,36)29-18-16-25(22-32)17-19-29/h2-19,30-31,33-34H,20-23H2,1H3/t30-,31-/m1/s1. The van der Waals surface area contributed by atoms with Crippen LogP contribution < -0.4 is 10.0 Å². The summed E-state index contributed by atoms with van der Waals surface area (Å²) in [5.41, 5.74) is 5.02. The highest BCUT2D eigenvalue weighted by molar-refractivity contribution is 7.89. The van der Waals surface area contributed by atoms with E-state index >= 15 is 0 Å². The van der Waals surface area contributed by atoms with E-state index in [0.29, 0.717) is 25.6 Å². The normalized spacial score (nSPS) is 13.2. The van der Waals surface area contributed by atoms with Crippen LogP contribution in [0.2, 0.25) is 0 Å². The van der Waals surface area contributed by atoms with Crippen LogP contribution in [0.25, 0.3) is 0 Å². The van der Waals surface area contributed by atoms with Gasteiger partial charge in [0.1, 0.15) is 0 Å². The lowest BCUT2D eigenvalue weighted by Crippen LogP contribution is -2.39. The molecule has 0 saturated heterocycles. The van der Waals surface area contributed by atoms with E-state index in [2.05, 4.69) is 41.2 Å². The van der Waals surface area contributed by atoms with Crippen molar-refractivity contribution in [3.63, 3.8) is 0 Å². The van der Waals surface area contributed by atoms with Gasteiger partial charge in [-0.25, -0.2) is 13.1 Å². The number of benzene rings is 4. The highest BCUT2D eigenvalue weighted by atomic mass is 35.5. The van der Waals surface area contributed by atoms with Gasteiger partial charge in [-0.1, -0.05) is 103 Å². The van der Waals surface area contributed by atoms with Crippen molar-refractivity contribution in [1.82, 2.24) is 10.0 Å². The third kappa shape index (κ3) is 7.76. The lowest BCUT2D eigenvalue weighted by Gasteiger charge is -2.30. The molecule has 2 N–H and O–H groups in total. The first-order valence-corrected chi connectivity index (χ1v) is 14.6. The lowest BCUT2D eigenvalue weighted by atomic mass is 9.94. The van der Waals surface area contributed by atoms with Crippen molar-refractivity contribution in [3.8, 4) is 0 Å². The predicted octanol–water partition coefficient (Wildman–Crippen LogP) is 6.30. The molecule has 0 radical (unpaired) electrons. The van der Waals surface area contributed by atoms with Crippen molar-refractivity contribution in [1.29, 1.82) is 0 Å². The van der Waals surface area contributed by atoms with Crippen LogP contribution in [-0.2, 0) is 27.2 Å². The van der Waals surface area contributed by atoms with Crippen molar-refractivity contribution in [3.05, 3.63) is 137 Å². The van der Waals surface area contributed by atoms with Crippen molar-refractivity contribution in [2.24, 2.45) is 0 Å². The molecule has 0 spiro atoms. The number of aryl methyl sites for hydroxylation is 1. The van der Waals surface area contributed by atoms with Crippen LogP contribution in [0.3, 0.4) is 0 Å². The maximum absolute atomic E-state index is 13.5. The maximum Gasteiger partial charge on any atom is 0.241 e. The zero-order valence-corrected chi connectivity index (χ0v) is 23.0. The first kappa shape index (κ1) is 28.0. The zero-order chi connectivity index (χ0) is 26.8. The third-order valence-electron chi connectivity index (χ3n) is 6.32. The molecular weight excluding hydrogens is 516 g/mol. The molecule has 0 unspecified atom stereocenters. The summed E-state index contributed by atoms with van der Waals surface area (Å²) in [6.07, 6.45) is 0. The molecule has 0 saturated carbocycles. The monoisotopic (exact) mass is 548 g/mol. The van der Waals surface area contributed by atoms with Gasteiger partial charge in [-0.05, 0) is 41.3 Å². The van der Waals surface area contributed by atoms with Crippen LogP contribution in [-0.4, -0.2) is 21.6 Å². The highest BCUT2D eigenvalue weighted by Gasteiger charge is 2.29. The summed E-state index contributed by atoms with van der Waals surface area (Å²) in [5, 5.41) is 3.55. The largest absolute Gasteiger partial charge is 0.375 e. The molecule has 0 amide bonds. The topological polar surface area (TPSA) is 67.4 Å². The van der Waals surface area contributed by atoms with Crippen LogP contribution in [0.4, 0.5) is 0 Å². The molecule has 0 bridgehead atoms. The fourth-order valence-corrected chi connectivity index (χ4v) is 5.65. The summed E-state index contributed by atoms with van der Waals surface area (Å²) in [6.45, 7) is 3.60. The molecule has 4 rings (SSSR count). The molecule has 0 heterocycles. The molecule has 0 aliphatic carbocycles. The Hall–Kier alpha value is -3.00. The van der Waals surface area contributed by atoms with Gasteiger partial charge in [-0.2, -0.15) is 0 Å². The van der Waals surface area contributed by atoms with Gasteiger partial charge in [-0.3, -0.25) is 0 Å². The van der Waals surface area contributed by atoms with E-state index in [0.717, 1.165) is 22.3 Å². The number of sulfonamides is 1. The van der Waals surface area contributed by atoms with Crippen molar-refractivity contribution in [2.75, 3.05) is 13.2 Å². The van der Waals surface area contributed by atoms with E-state index in [9.17, 15) is 8.42 Å². The van der Waals surface area contributed by atoms with E-state index < -0.39 is 16.1 Å². The Kier molecular flexibility index (Phi) is 10.1. The molecule has 0 aliphatic rings. The minimum atomic E-state index is -3.82. The number of halogens is 1. The second-order valence-corrected chi connectivity index (χ2v) is 11.1. The smallest absolute Gasteiger partial charge is 0.241 e. The second kappa shape index (κ2) is 13.7. The van der Waals surface area contributed by atoms with E-state index in [1.807, 2.05) is 60.7 Å². The van der Waals surface area contributed by atoms with Gasteiger partial charge >= 0.3 is 0 Å². The number of hydrogen-bond donors (Lipinski definition) is 2. The molecule has 0 aromatic heterocycles. The Morgan fingerprint density at radius 2 is 1.29 bits per heavy atom. The fraction of sp³-hybridized carbons (Fsp3) is 0.226. The molecule has 4 aromatic rings. The third-order valence-corrected chi connectivity index (χ3v) is 8.09. The van der Waals surface area contributed by atoms with Crippen molar-refractivity contribution in [2.45, 2.75) is 36.4 Å². The van der Waals surface area contributed by atoms with Gasteiger partial charge in [0.15, 0.2) is 0 Å². The van der Waals surface area contributed by atoms with Crippen LogP contribution >= 0.6 is 11.6 Å². The second-order valence-electron chi connectivity index (χ2n) is 9.17. The maximum atomic E-state index is 13.5. The highest BCUT2D eigenvalue weighted by Crippen LogP contribution is 2.31. The van der Waals surface area contributed by atoms with Gasteiger partial charge < -0.3 is 10.1 Å². The Labute approximate surface area is 230 Å². The van der Waals surface area contributed by atoms with Crippen LogP contribution in [0, 0.1) is 6.92 Å². The van der Waals surface area contributed by atoms with Crippen molar-refractivity contribution >= 4 is 21.6 Å². The van der Waals surface area contributed by atoms with E-state index in [1.165, 1.54) is 5.56 Å². The molecule has 0 aliphatic heterocycles. The summed E-state index contributed by atoms with van der Waals surface area (Å²) in [6, 6.07) is 33.5. The molecular formula is C31H33ClN2O3S. The molecule has 198 valence electrons. The fourth-order valence-electron chi connectivity index (χ4n) is 4.23. The first-order valence-electron chi connectivity index (χ1n) is 12.6. The summed E-state index contributed by atoms with van der Waals surface area (Å²) < 4.78 is 35.9. The average molecular weight is 549 g/mol. The number of ether oxygens (including phenoxy) is 1. The predicted molar refractivity (Wildman–Crippen MR) is 154 cm³/mol. The Bertz CT molecular complexity index is 1360. The van der Waals surface area contributed by atoms with E-state index in [-0.39, 0.29) is 10.9 Å². The molecule has 0 fully saturated rings.